The Kier molecular flexibility index (Phi) is 11.5. The second-order valence-corrected chi connectivity index (χ2v) is 11.3. The third-order valence-corrected chi connectivity index (χ3v) is 5.80. The van der Waals surface area contributed by atoms with Gasteiger partial charge in [-0.25, -0.2) is 0 Å². The van der Waals surface area contributed by atoms with Crippen molar-refractivity contribution in [2.45, 2.75) is 60.8 Å². The summed E-state index contributed by atoms with van der Waals surface area (Å²) in [5.41, 5.74) is 1.19. The topological polar surface area (TPSA) is 116 Å². The average Bonchev–Trinajstić information content (AvgIpc) is 2.82. The molecule has 9 heteroatoms. The van der Waals surface area contributed by atoms with Crippen molar-refractivity contribution in [3.63, 3.8) is 0 Å². The number of methoxy groups -OCH3 is 2. The molecule has 38 heavy (non-hydrogen) atoms. The zero-order valence-electron chi connectivity index (χ0n) is 24.0. The Morgan fingerprint density at radius 1 is 0.711 bits per heavy atom. The summed E-state index contributed by atoms with van der Waals surface area (Å²) >= 11 is 0. The first kappa shape index (κ1) is 33.0. The van der Waals surface area contributed by atoms with Crippen LogP contribution in [0.4, 0.5) is 11.6 Å². The Balaban J connectivity index is 0.00000722. The van der Waals surface area contributed by atoms with E-state index in [2.05, 4.69) is 23.0 Å². The fourth-order valence-corrected chi connectivity index (χ4v) is 2.94. The third-order valence-electron chi connectivity index (χ3n) is 5.80. The molecule has 2 rings (SSSR count). The van der Waals surface area contributed by atoms with E-state index in [9.17, 15) is 0 Å². The summed E-state index contributed by atoms with van der Waals surface area (Å²) in [6.45, 7) is 15.9. The Labute approximate surface area is 242 Å². The van der Waals surface area contributed by atoms with Gasteiger partial charge < -0.3 is 30.9 Å². The average molecular weight is 700 g/mol. The van der Waals surface area contributed by atoms with Crippen molar-refractivity contribution in [1.82, 2.24) is 9.97 Å². The summed E-state index contributed by atoms with van der Waals surface area (Å²) in [6, 6.07) is 7.29. The Hall–Kier alpha value is -2.99. The minimum absolute atomic E-state index is 0. The predicted molar refractivity (Wildman–Crippen MR) is 151 cm³/mol. The molecule has 0 saturated carbocycles. The monoisotopic (exact) mass is 699 g/mol. The van der Waals surface area contributed by atoms with Gasteiger partial charge in [-0.3, -0.25) is 9.97 Å². The predicted octanol–water partition coefficient (Wildman–Crippen LogP) is 6.41. The normalized spacial score (nSPS) is 12.3. The van der Waals surface area contributed by atoms with Gasteiger partial charge in [0.15, 0.2) is 0 Å². The molecular formula is C29H40N6O2Pt. The summed E-state index contributed by atoms with van der Waals surface area (Å²) in [6.07, 6.45) is 9.13. The molecule has 0 atom stereocenters. The first-order valence-corrected chi connectivity index (χ1v) is 12.1. The third kappa shape index (κ3) is 9.09. The molecule has 0 spiro atoms. The number of rotatable bonds is 10. The molecule has 0 aliphatic heterocycles. The van der Waals surface area contributed by atoms with Gasteiger partial charge in [0.05, 0.1) is 14.2 Å². The SMILES string of the molecule is COc1cc(N[C-]=CC(=N)C(C)(C)C)nc(C(C)(C)c2cc(OC)cc(N[C-]=CC(=N)C(C)(C)C)n2)c1.[Pt+2]. The van der Waals surface area contributed by atoms with Crippen LogP contribution in [0.2, 0.25) is 0 Å². The van der Waals surface area contributed by atoms with Crippen LogP contribution in [0.15, 0.2) is 36.4 Å². The molecule has 2 aromatic heterocycles. The number of nitrogens with one attached hydrogen (secondary N) is 4. The van der Waals surface area contributed by atoms with Crippen LogP contribution in [0.3, 0.4) is 0 Å². The van der Waals surface area contributed by atoms with Crippen LogP contribution < -0.4 is 20.1 Å². The van der Waals surface area contributed by atoms with Crippen molar-refractivity contribution in [3.8, 4) is 11.5 Å². The van der Waals surface area contributed by atoms with E-state index in [-0.39, 0.29) is 31.9 Å². The van der Waals surface area contributed by atoms with E-state index in [1.807, 2.05) is 67.5 Å². The molecule has 0 fully saturated rings. The number of allylic oxidation sites excluding steroid dienone is 2. The molecule has 0 aliphatic rings. The van der Waals surface area contributed by atoms with E-state index in [4.69, 9.17) is 30.3 Å². The first-order valence-electron chi connectivity index (χ1n) is 12.1. The number of anilines is 2. The van der Waals surface area contributed by atoms with E-state index in [1.54, 1.807) is 38.5 Å². The van der Waals surface area contributed by atoms with Gasteiger partial charge in [-0.1, -0.05) is 53.0 Å². The molecule has 4 N–H and O–H groups in total. The Morgan fingerprint density at radius 3 is 1.34 bits per heavy atom. The van der Waals surface area contributed by atoms with Crippen LogP contribution in [0.1, 0.15) is 66.8 Å². The van der Waals surface area contributed by atoms with Crippen molar-refractivity contribution in [1.29, 1.82) is 10.8 Å². The zero-order chi connectivity index (χ0) is 28.0. The molecule has 0 aliphatic carbocycles. The van der Waals surface area contributed by atoms with Crippen molar-refractivity contribution in [2.24, 2.45) is 10.8 Å². The molecule has 0 aromatic carbocycles. The number of ether oxygens (including phenoxy) is 2. The second kappa shape index (κ2) is 13.2. The zero-order valence-corrected chi connectivity index (χ0v) is 26.3. The molecule has 0 amide bonds. The molecule has 0 radical (unpaired) electrons. The van der Waals surface area contributed by atoms with E-state index < -0.39 is 5.41 Å². The minimum Gasteiger partial charge on any atom is -0.498 e. The van der Waals surface area contributed by atoms with Gasteiger partial charge in [-0.15, -0.1) is 24.6 Å². The summed E-state index contributed by atoms with van der Waals surface area (Å²) in [7, 11) is 3.21. The molecule has 0 bridgehead atoms. The molecule has 2 aromatic rings. The van der Waals surface area contributed by atoms with Gasteiger partial charge in [0.2, 0.25) is 0 Å². The quantitative estimate of drug-likeness (QED) is 0.130. The van der Waals surface area contributed by atoms with E-state index in [0.29, 0.717) is 34.6 Å². The van der Waals surface area contributed by atoms with Crippen molar-refractivity contribution in [2.75, 3.05) is 24.9 Å². The summed E-state index contributed by atoms with van der Waals surface area (Å²) in [5, 5.41) is 22.4. The maximum absolute atomic E-state index is 8.15. The van der Waals surface area contributed by atoms with Crippen LogP contribution in [-0.2, 0) is 26.5 Å². The number of hydrogen-bond donors (Lipinski definition) is 4. The van der Waals surface area contributed by atoms with Crippen molar-refractivity contribution < 1.29 is 30.5 Å². The number of pyridine rings is 2. The van der Waals surface area contributed by atoms with Gasteiger partial charge >= 0.3 is 21.1 Å². The van der Waals surface area contributed by atoms with Crippen LogP contribution >= 0.6 is 0 Å². The van der Waals surface area contributed by atoms with Gasteiger partial charge in [0, 0.05) is 40.6 Å². The number of aromatic nitrogens is 2. The molecule has 8 nitrogen and oxygen atoms in total. The van der Waals surface area contributed by atoms with Crippen LogP contribution in [-0.4, -0.2) is 35.6 Å². The summed E-state index contributed by atoms with van der Waals surface area (Å²) < 4.78 is 11.1. The molecule has 0 unspecified atom stereocenters. The van der Waals surface area contributed by atoms with Gasteiger partial charge in [-0.2, -0.15) is 0 Å². The van der Waals surface area contributed by atoms with Crippen molar-refractivity contribution in [3.05, 3.63) is 60.2 Å². The Bertz CT molecular complexity index is 1100. The van der Waals surface area contributed by atoms with Crippen LogP contribution in [0, 0.1) is 34.0 Å². The second-order valence-electron chi connectivity index (χ2n) is 11.3. The molecule has 208 valence electrons. The fraction of sp³-hybridized carbons (Fsp3) is 0.448. The van der Waals surface area contributed by atoms with Gasteiger partial charge in [-0.05, 0) is 36.8 Å². The maximum atomic E-state index is 8.15. The standard InChI is InChI=1S/C29H40N6O2.Pt/c1-27(2,3)21(30)11-13-32-25-17-19(36-9)15-23(34-25)29(7,8)24-16-20(37-10)18-26(35-24)33-14-12-22(31)28(4,5)6;/h11-12,15-18,30-31H,1-10H3,(H,32,34)(H,33,35);/q-2;+2. The Morgan fingerprint density at radius 2 is 1.05 bits per heavy atom. The molecular weight excluding hydrogens is 659 g/mol. The van der Waals surface area contributed by atoms with Crippen LogP contribution in [0.25, 0.3) is 0 Å². The first-order chi connectivity index (χ1) is 17.1. The molecule has 0 saturated heterocycles. The van der Waals surface area contributed by atoms with Gasteiger partial charge in [0.25, 0.3) is 0 Å². The largest absolute Gasteiger partial charge is 2.00 e. The number of hydrogen-bond acceptors (Lipinski definition) is 8. The van der Waals surface area contributed by atoms with E-state index in [0.717, 1.165) is 11.4 Å². The minimum atomic E-state index is -0.625. The van der Waals surface area contributed by atoms with E-state index >= 15 is 0 Å². The van der Waals surface area contributed by atoms with Crippen LogP contribution in [0.5, 0.6) is 11.5 Å². The fourth-order valence-electron chi connectivity index (χ4n) is 2.94. The number of nitrogens with zero attached hydrogens (tertiary/aromatic N) is 2. The van der Waals surface area contributed by atoms with Gasteiger partial charge in [0.1, 0.15) is 11.5 Å². The smallest absolute Gasteiger partial charge is 0.498 e. The summed E-state index contributed by atoms with van der Waals surface area (Å²) in [5.74, 6) is 2.34. The summed E-state index contributed by atoms with van der Waals surface area (Å²) in [4.78, 5) is 9.58. The van der Waals surface area contributed by atoms with E-state index in [1.165, 1.54) is 0 Å². The molecule has 2 heterocycles. The van der Waals surface area contributed by atoms with Crippen molar-refractivity contribution >= 4 is 23.1 Å². The maximum Gasteiger partial charge on any atom is 2.00 e.